The van der Waals surface area contributed by atoms with Crippen LogP contribution in [0.2, 0.25) is 5.02 Å². The number of nitrogens with zero attached hydrogens (tertiary/aromatic N) is 1. The highest BCUT2D eigenvalue weighted by molar-refractivity contribution is 7.99. The summed E-state index contributed by atoms with van der Waals surface area (Å²) in [7, 11) is 0. The van der Waals surface area contributed by atoms with Gasteiger partial charge in [0.2, 0.25) is 0 Å². The van der Waals surface area contributed by atoms with Crippen LogP contribution in [0.15, 0.2) is 12.1 Å². The number of nitrogens with one attached hydrogen (secondary N) is 2. The van der Waals surface area contributed by atoms with Crippen LogP contribution in [0.1, 0.15) is 5.56 Å². The Balaban J connectivity index is 2.70. The average Bonchev–Trinajstić information content (AvgIpc) is 2.58. The van der Waals surface area contributed by atoms with Crippen molar-refractivity contribution in [2.24, 2.45) is 0 Å². The van der Waals surface area contributed by atoms with Crippen molar-refractivity contribution in [2.75, 3.05) is 11.0 Å². The van der Waals surface area contributed by atoms with Gasteiger partial charge in [-0.2, -0.15) is 5.10 Å². The Morgan fingerprint density at radius 2 is 2.29 bits per heavy atom. The van der Waals surface area contributed by atoms with Crippen LogP contribution in [0, 0.1) is 6.92 Å². The van der Waals surface area contributed by atoms with Crippen molar-refractivity contribution in [3.63, 3.8) is 0 Å². The Kier molecular flexibility index (Phi) is 2.56. The van der Waals surface area contributed by atoms with Crippen molar-refractivity contribution in [1.29, 1.82) is 0 Å². The van der Waals surface area contributed by atoms with Crippen LogP contribution in [0.4, 0.5) is 5.82 Å². The summed E-state index contributed by atoms with van der Waals surface area (Å²) in [5.41, 5.74) is 2.14. The minimum absolute atomic E-state index is 0.718. The third-order valence-electron chi connectivity index (χ3n) is 2.08. The standard InChI is InChI=1S/C9H10ClN3S/c1-5-3-4-6(10)7-8(5)11-12-9(7)13-14-2/h3-4H,1-2H3,(H2,11,12,13). The summed E-state index contributed by atoms with van der Waals surface area (Å²) < 4.78 is 3.09. The van der Waals surface area contributed by atoms with Gasteiger partial charge in [-0.1, -0.05) is 29.6 Å². The Labute approximate surface area is 91.4 Å². The first-order chi connectivity index (χ1) is 6.74. The maximum Gasteiger partial charge on any atom is 0.167 e. The molecule has 0 saturated carbocycles. The molecule has 74 valence electrons. The third-order valence-corrected chi connectivity index (χ3v) is 2.79. The van der Waals surface area contributed by atoms with Gasteiger partial charge in [0.15, 0.2) is 5.82 Å². The summed E-state index contributed by atoms with van der Waals surface area (Å²) in [5, 5.41) is 8.81. The van der Waals surface area contributed by atoms with Gasteiger partial charge in [-0.25, -0.2) is 0 Å². The number of fused-ring (bicyclic) bond motifs is 1. The Bertz CT molecular complexity index is 466. The minimum atomic E-state index is 0.718. The Morgan fingerprint density at radius 1 is 1.50 bits per heavy atom. The summed E-state index contributed by atoms with van der Waals surface area (Å²) in [5.74, 6) is 0.793. The fourth-order valence-corrected chi connectivity index (χ4v) is 1.98. The SMILES string of the molecule is CSNc1n[nH]c2c(C)ccc(Cl)c12. The summed E-state index contributed by atoms with van der Waals surface area (Å²) in [4.78, 5) is 0. The van der Waals surface area contributed by atoms with Crippen LogP contribution in [-0.4, -0.2) is 16.5 Å². The normalized spacial score (nSPS) is 10.8. The Hall–Kier alpha value is -0.870. The number of benzene rings is 1. The van der Waals surface area contributed by atoms with Crippen molar-refractivity contribution in [1.82, 2.24) is 10.2 Å². The topological polar surface area (TPSA) is 40.7 Å². The van der Waals surface area contributed by atoms with Crippen molar-refractivity contribution >= 4 is 40.3 Å². The molecule has 0 unspecified atom stereocenters. The number of rotatable bonds is 2. The monoisotopic (exact) mass is 227 g/mol. The molecule has 1 aromatic heterocycles. The van der Waals surface area contributed by atoms with Gasteiger partial charge in [0, 0.05) is 6.26 Å². The van der Waals surface area contributed by atoms with E-state index in [2.05, 4.69) is 14.9 Å². The number of H-pyrrole nitrogens is 1. The van der Waals surface area contributed by atoms with Gasteiger partial charge >= 0.3 is 0 Å². The molecular formula is C9H10ClN3S. The van der Waals surface area contributed by atoms with Crippen LogP contribution < -0.4 is 4.72 Å². The van der Waals surface area contributed by atoms with Crippen LogP contribution in [0.25, 0.3) is 10.9 Å². The zero-order chi connectivity index (χ0) is 10.1. The lowest BCUT2D eigenvalue weighted by atomic mass is 10.1. The summed E-state index contributed by atoms with van der Waals surface area (Å²) >= 11 is 7.60. The van der Waals surface area contributed by atoms with E-state index in [1.807, 2.05) is 25.3 Å². The molecule has 0 amide bonds. The van der Waals surface area contributed by atoms with Crippen molar-refractivity contribution < 1.29 is 0 Å². The van der Waals surface area contributed by atoms with Gasteiger partial charge in [0.05, 0.1) is 15.9 Å². The highest BCUT2D eigenvalue weighted by Crippen LogP contribution is 2.31. The zero-order valence-corrected chi connectivity index (χ0v) is 9.46. The summed E-state index contributed by atoms with van der Waals surface area (Å²) in [6.07, 6.45) is 1.95. The fraction of sp³-hybridized carbons (Fsp3) is 0.222. The molecule has 0 aliphatic carbocycles. The van der Waals surface area contributed by atoms with Crippen LogP contribution in [0.5, 0.6) is 0 Å². The van der Waals surface area contributed by atoms with E-state index in [0.717, 1.165) is 27.3 Å². The lowest BCUT2D eigenvalue weighted by Crippen LogP contribution is -1.85. The molecule has 0 fully saturated rings. The Morgan fingerprint density at radius 3 is 3.00 bits per heavy atom. The van der Waals surface area contributed by atoms with Gasteiger partial charge in [0.1, 0.15) is 0 Å². The molecular weight excluding hydrogens is 218 g/mol. The molecule has 0 saturated heterocycles. The van der Waals surface area contributed by atoms with E-state index in [1.165, 1.54) is 11.9 Å². The van der Waals surface area contributed by atoms with Crippen molar-refractivity contribution in [2.45, 2.75) is 6.92 Å². The zero-order valence-electron chi connectivity index (χ0n) is 7.89. The van der Waals surface area contributed by atoms with Gasteiger partial charge in [-0.15, -0.1) is 0 Å². The molecule has 1 aromatic carbocycles. The predicted molar refractivity (Wildman–Crippen MR) is 63.0 cm³/mol. The van der Waals surface area contributed by atoms with Crippen molar-refractivity contribution in [3.05, 3.63) is 22.7 Å². The molecule has 0 aliphatic heterocycles. The molecule has 2 rings (SSSR count). The molecule has 2 aromatic rings. The maximum atomic E-state index is 6.10. The number of halogens is 1. The molecule has 0 aliphatic rings. The molecule has 1 heterocycles. The first kappa shape index (κ1) is 9.68. The number of hydrogen-bond donors (Lipinski definition) is 2. The summed E-state index contributed by atoms with van der Waals surface area (Å²) in [6, 6.07) is 3.87. The van der Waals surface area contributed by atoms with Gasteiger partial charge in [-0.05, 0) is 18.6 Å². The predicted octanol–water partition coefficient (Wildman–Crippen LogP) is 3.21. The van der Waals surface area contributed by atoms with E-state index in [9.17, 15) is 0 Å². The molecule has 0 bridgehead atoms. The van der Waals surface area contributed by atoms with Gasteiger partial charge in [0.25, 0.3) is 0 Å². The van der Waals surface area contributed by atoms with E-state index < -0.39 is 0 Å². The van der Waals surface area contributed by atoms with E-state index in [0.29, 0.717) is 0 Å². The number of aromatic nitrogens is 2. The second-order valence-corrected chi connectivity index (χ2v) is 4.01. The van der Waals surface area contributed by atoms with Gasteiger partial charge < -0.3 is 4.72 Å². The average molecular weight is 228 g/mol. The molecule has 0 atom stereocenters. The first-order valence-corrected chi connectivity index (χ1v) is 5.76. The van der Waals surface area contributed by atoms with E-state index in [-0.39, 0.29) is 0 Å². The van der Waals surface area contributed by atoms with Gasteiger partial charge in [-0.3, -0.25) is 5.10 Å². The first-order valence-electron chi connectivity index (χ1n) is 4.16. The van der Waals surface area contributed by atoms with Crippen LogP contribution in [-0.2, 0) is 0 Å². The second-order valence-electron chi connectivity index (χ2n) is 2.99. The highest BCUT2D eigenvalue weighted by Gasteiger charge is 2.10. The smallest absolute Gasteiger partial charge is 0.167 e. The van der Waals surface area contributed by atoms with E-state index in [1.54, 1.807) is 0 Å². The van der Waals surface area contributed by atoms with E-state index >= 15 is 0 Å². The molecule has 0 radical (unpaired) electrons. The van der Waals surface area contributed by atoms with Crippen molar-refractivity contribution in [3.8, 4) is 0 Å². The number of hydrogen-bond acceptors (Lipinski definition) is 3. The number of aromatic amines is 1. The lowest BCUT2D eigenvalue weighted by molar-refractivity contribution is 1.12. The van der Waals surface area contributed by atoms with Crippen LogP contribution in [0.3, 0.4) is 0 Å². The quantitative estimate of drug-likeness (QED) is 0.774. The molecule has 5 heteroatoms. The minimum Gasteiger partial charge on any atom is -0.313 e. The fourth-order valence-electron chi connectivity index (χ4n) is 1.40. The second kappa shape index (κ2) is 3.71. The maximum absolute atomic E-state index is 6.10. The number of aryl methyl sites for hydroxylation is 1. The largest absolute Gasteiger partial charge is 0.313 e. The van der Waals surface area contributed by atoms with Crippen LogP contribution >= 0.6 is 23.5 Å². The number of anilines is 1. The highest BCUT2D eigenvalue weighted by atomic mass is 35.5. The lowest BCUT2D eigenvalue weighted by Gasteiger charge is -2.00. The molecule has 3 nitrogen and oxygen atoms in total. The third kappa shape index (κ3) is 1.44. The molecule has 0 spiro atoms. The summed E-state index contributed by atoms with van der Waals surface area (Å²) in [6.45, 7) is 2.03. The molecule has 14 heavy (non-hydrogen) atoms. The van der Waals surface area contributed by atoms with E-state index in [4.69, 9.17) is 11.6 Å². The molecule has 2 N–H and O–H groups in total.